The molecule has 0 radical (unpaired) electrons. The van der Waals surface area contributed by atoms with Crippen molar-refractivity contribution in [1.29, 1.82) is 0 Å². The van der Waals surface area contributed by atoms with E-state index in [9.17, 15) is 4.79 Å². The molecule has 1 N–H and O–H groups in total. The highest BCUT2D eigenvalue weighted by Gasteiger charge is 2.49. The molecule has 3 atom stereocenters. The summed E-state index contributed by atoms with van der Waals surface area (Å²) in [7, 11) is 0. The normalized spacial score (nSPS) is 42.1. The van der Waals surface area contributed by atoms with Crippen LogP contribution in [0.4, 0.5) is 0 Å². The van der Waals surface area contributed by atoms with Crippen molar-refractivity contribution in [3.63, 3.8) is 0 Å². The lowest BCUT2D eigenvalue weighted by Gasteiger charge is -2.05. The molecule has 2 fully saturated rings. The molecule has 0 saturated heterocycles. The Balaban J connectivity index is 1.78. The zero-order chi connectivity index (χ0) is 8.93. The summed E-state index contributed by atoms with van der Waals surface area (Å²) < 4.78 is 0. The third-order valence-corrected chi connectivity index (χ3v) is 3.28. The summed E-state index contributed by atoms with van der Waals surface area (Å²) in [4.78, 5) is 11.4. The van der Waals surface area contributed by atoms with E-state index >= 15 is 0 Å². The third kappa shape index (κ3) is 1.35. The van der Waals surface area contributed by atoms with Crippen LogP contribution in [0.3, 0.4) is 0 Å². The highest BCUT2D eigenvalue weighted by molar-refractivity contribution is 5.82. The Morgan fingerprint density at radius 1 is 1.50 bits per heavy atom. The Morgan fingerprint density at radius 2 is 2.00 bits per heavy atom. The van der Waals surface area contributed by atoms with Gasteiger partial charge in [-0.05, 0) is 24.2 Å². The van der Waals surface area contributed by atoms with E-state index < -0.39 is 0 Å². The van der Waals surface area contributed by atoms with Gasteiger partial charge in [-0.2, -0.15) is 0 Å². The standard InChI is InChI=1S/C10H17NO/c1-6-4-7(6)9(12)11-8-5-10(8,2)3/h6-8H,4-5H2,1-3H3,(H,11,12)/t6-,7-,8?/m0/s1. The molecule has 2 saturated carbocycles. The van der Waals surface area contributed by atoms with Crippen LogP contribution in [0.25, 0.3) is 0 Å². The zero-order valence-corrected chi connectivity index (χ0v) is 8.05. The Labute approximate surface area is 73.7 Å². The van der Waals surface area contributed by atoms with Crippen molar-refractivity contribution >= 4 is 5.91 Å². The summed E-state index contributed by atoms with van der Waals surface area (Å²) in [5, 5.41) is 3.10. The summed E-state index contributed by atoms with van der Waals surface area (Å²) in [5.41, 5.74) is 0.369. The van der Waals surface area contributed by atoms with Gasteiger partial charge in [-0.3, -0.25) is 4.79 Å². The second-order valence-electron chi connectivity index (χ2n) is 5.07. The Hall–Kier alpha value is -0.530. The molecule has 68 valence electrons. The summed E-state index contributed by atoms with van der Waals surface area (Å²) >= 11 is 0. The van der Waals surface area contributed by atoms with E-state index in [0.29, 0.717) is 23.3 Å². The first-order chi connectivity index (χ1) is 5.50. The van der Waals surface area contributed by atoms with Gasteiger partial charge in [0.25, 0.3) is 0 Å². The van der Waals surface area contributed by atoms with Gasteiger partial charge in [-0.15, -0.1) is 0 Å². The molecule has 0 heterocycles. The summed E-state index contributed by atoms with van der Waals surface area (Å²) in [5.74, 6) is 1.26. The molecule has 1 unspecified atom stereocenters. The first-order valence-corrected chi connectivity index (χ1v) is 4.81. The average molecular weight is 167 g/mol. The fourth-order valence-electron chi connectivity index (χ4n) is 1.68. The fraction of sp³-hybridized carbons (Fsp3) is 0.900. The van der Waals surface area contributed by atoms with Gasteiger partial charge in [0.15, 0.2) is 0 Å². The van der Waals surface area contributed by atoms with Crippen molar-refractivity contribution in [2.45, 2.75) is 39.7 Å². The maximum absolute atomic E-state index is 11.4. The van der Waals surface area contributed by atoms with Crippen LogP contribution in [0.15, 0.2) is 0 Å². The number of rotatable bonds is 2. The molecule has 0 bridgehead atoms. The van der Waals surface area contributed by atoms with Gasteiger partial charge in [0.1, 0.15) is 0 Å². The molecule has 0 aromatic carbocycles. The number of amides is 1. The van der Waals surface area contributed by atoms with Crippen molar-refractivity contribution in [2.24, 2.45) is 17.3 Å². The smallest absolute Gasteiger partial charge is 0.223 e. The van der Waals surface area contributed by atoms with Crippen molar-refractivity contribution in [1.82, 2.24) is 5.32 Å². The molecular formula is C10H17NO. The lowest BCUT2D eigenvalue weighted by molar-refractivity contribution is -0.122. The highest BCUT2D eigenvalue weighted by atomic mass is 16.2. The molecule has 2 heteroatoms. The van der Waals surface area contributed by atoms with Crippen LogP contribution in [0, 0.1) is 17.3 Å². The van der Waals surface area contributed by atoms with E-state index in [1.54, 1.807) is 0 Å². The average Bonchev–Trinajstić information content (AvgIpc) is 2.75. The molecule has 0 spiro atoms. The second-order valence-corrected chi connectivity index (χ2v) is 5.07. The van der Waals surface area contributed by atoms with E-state index in [1.165, 1.54) is 0 Å². The van der Waals surface area contributed by atoms with Crippen molar-refractivity contribution in [3.05, 3.63) is 0 Å². The molecule has 12 heavy (non-hydrogen) atoms. The topological polar surface area (TPSA) is 29.1 Å². The molecule has 2 aliphatic carbocycles. The van der Waals surface area contributed by atoms with Crippen LogP contribution < -0.4 is 5.32 Å². The number of nitrogens with one attached hydrogen (secondary N) is 1. The van der Waals surface area contributed by atoms with Crippen LogP contribution >= 0.6 is 0 Å². The molecule has 1 amide bonds. The van der Waals surface area contributed by atoms with E-state index in [-0.39, 0.29) is 5.91 Å². The third-order valence-electron chi connectivity index (χ3n) is 3.28. The van der Waals surface area contributed by atoms with Gasteiger partial charge in [0.05, 0.1) is 0 Å². The molecule has 0 aromatic heterocycles. The molecule has 0 aromatic rings. The SMILES string of the molecule is C[C@H]1C[C@@H]1C(=O)NC1CC1(C)C. The van der Waals surface area contributed by atoms with Crippen LogP contribution in [0.2, 0.25) is 0 Å². The number of carbonyl (C=O) groups excluding carboxylic acids is 1. The van der Waals surface area contributed by atoms with Crippen LogP contribution in [0.1, 0.15) is 33.6 Å². The van der Waals surface area contributed by atoms with E-state index in [4.69, 9.17) is 0 Å². The minimum absolute atomic E-state index is 0.290. The Kier molecular flexibility index (Phi) is 1.51. The van der Waals surface area contributed by atoms with E-state index in [0.717, 1.165) is 12.8 Å². The minimum Gasteiger partial charge on any atom is -0.353 e. The molecule has 0 aliphatic heterocycles. The quantitative estimate of drug-likeness (QED) is 0.664. The van der Waals surface area contributed by atoms with Gasteiger partial charge >= 0.3 is 0 Å². The van der Waals surface area contributed by atoms with Crippen LogP contribution in [0.5, 0.6) is 0 Å². The van der Waals surface area contributed by atoms with Crippen molar-refractivity contribution < 1.29 is 4.79 Å². The van der Waals surface area contributed by atoms with Gasteiger partial charge in [-0.1, -0.05) is 20.8 Å². The fourth-order valence-corrected chi connectivity index (χ4v) is 1.68. The van der Waals surface area contributed by atoms with Crippen LogP contribution in [-0.4, -0.2) is 11.9 Å². The number of hydrogen-bond acceptors (Lipinski definition) is 1. The lowest BCUT2D eigenvalue weighted by Crippen LogP contribution is -2.30. The van der Waals surface area contributed by atoms with Gasteiger partial charge in [0, 0.05) is 12.0 Å². The summed E-state index contributed by atoms with van der Waals surface area (Å²) in [6.45, 7) is 6.55. The monoisotopic (exact) mass is 167 g/mol. The van der Waals surface area contributed by atoms with Gasteiger partial charge < -0.3 is 5.32 Å². The first-order valence-electron chi connectivity index (χ1n) is 4.81. The zero-order valence-electron chi connectivity index (χ0n) is 8.05. The molecular weight excluding hydrogens is 150 g/mol. The van der Waals surface area contributed by atoms with Gasteiger partial charge in [0.2, 0.25) is 5.91 Å². The second kappa shape index (κ2) is 2.24. The van der Waals surface area contributed by atoms with E-state index in [2.05, 4.69) is 26.1 Å². The Morgan fingerprint density at radius 3 is 2.33 bits per heavy atom. The summed E-state index contributed by atoms with van der Waals surface area (Å²) in [6.07, 6.45) is 2.25. The maximum atomic E-state index is 11.4. The Bertz CT molecular complexity index is 222. The largest absolute Gasteiger partial charge is 0.353 e. The number of carbonyl (C=O) groups is 1. The van der Waals surface area contributed by atoms with Crippen LogP contribution in [-0.2, 0) is 4.79 Å². The first kappa shape index (κ1) is 8.09. The number of hydrogen-bond donors (Lipinski definition) is 1. The predicted octanol–water partition coefficient (Wildman–Crippen LogP) is 1.56. The maximum Gasteiger partial charge on any atom is 0.223 e. The molecule has 2 aliphatic rings. The minimum atomic E-state index is 0.290. The summed E-state index contributed by atoms with van der Waals surface area (Å²) in [6, 6.07) is 0.456. The highest BCUT2D eigenvalue weighted by Crippen LogP contribution is 2.46. The van der Waals surface area contributed by atoms with Gasteiger partial charge in [-0.25, -0.2) is 0 Å². The lowest BCUT2D eigenvalue weighted by atomic mass is 10.2. The predicted molar refractivity (Wildman–Crippen MR) is 47.6 cm³/mol. The molecule has 2 rings (SSSR count). The van der Waals surface area contributed by atoms with Crippen molar-refractivity contribution in [2.75, 3.05) is 0 Å². The van der Waals surface area contributed by atoms with E-state index in [1.807, 2.05) is 0 Å². The van der Waals surface area contributed by atoms with Crippen molar-refractivity contribution in [3.8, 4) is 0 Å². The molecule has 2 nitrogen and oxygen atoms in total.